The van der Waals surface area contributed by atoms with Crippen LogP contribution in [0.5, 0.6) is 0 Å². The van der Waals surface area contributed by atoms with Crippen LogP contribution >= 0.6 is 23.2 Å². The van der Waals surface area contributed by atoms with Gasteiger partial charge in [-0.25, -0.2) is 9.69 Å². The fourth-order valence-corrected chi connectivity index (χ4v) is 2.24. The molecule has 1 aliphatic rings. The molecule has 5 nitrogen and oxygen atoms in total. The third kappa shape index (κ3) is 2.43. The number of anilines is 1. The van der Waals surface area contributed by atoms with Gasteiger partial charge in [0, 0.05) is 17.2 Å². The molecule has 96 valence electrons. The SMILES string of the molecule is COCC1NC(=O)N(c2cc(Cl)cc(Cl)c2)C1=O. The number of methoxy groups -OCH3 is 1. The van der Waals surface area contributed by atoms with Gasteiger partial charge >= 0.3 is 6.03 Å². The Morgan fingerprint density at radius 3 is 2.44 bits per heavy atom. The zero-order valence-corrected chi connectivity index (χ0v) is 11.0. The first-order valence-electron chi connectivity index (χ1n) is 5.12. The van der Waals surface area contributed by atoms with Crippen LogP contribution in [-0.4, -0.2) is 31.7 Å². The molecule has 1 aliphatic heterocycles. The van der Waals surface area contributed by atoms with E-state index in [2.05, 4.69) is 5.32 Å². The molecule has 18 heavy (non-hydrogen) atoms. The van der Waals surface area contributed by atoms with Crippen LogP contribution in [0.1, 0.15) is 0 Å². The summed E-state index contributed by atoms with van der Waals surface area (Å²) in [7, 11) is 1.46. The third-order valence-corrected chi connectivity index (χ3v) is 2.89. The number of amides is 3. The van der Waals surface area contributed by atoms with E-state index in [9.17, 15) is 9.59 Å². The normalized spacial score (nSPS) is 19.3. The van der Waals surface area contributed by atoms with E-state index in [0.29, 0.717) is 15.7 Å². The van der Waals surface area contributed by atoms with Crippen LogP contribution in [0.25, 0.3) is 0 Å². The van der Waals surface area contributed by atoms with Gasteiger partial charge in [0.15, 0.2) is 0 Å². The van der Waals surface area contributed by atoms with Crippen molar-refractivity contribution in [2.45, 2.75) is 6.04 Å². The number of carbonyl (C=O) groups excluding carboxylic acids is 2. The van der Waals surface area contributed by atoms with Crippen LogP contribution in [0.15, 0.2) is 18.2 Å². The van der Waals surface area contributed by atoms with Gasteiger partial charge in [-0.15, -0.1) is 0 Å². The van der Waals surface area contributed by atoms with Gasteiger partial charge in [0.25, 0.3) is 5.91 Å². The number of carbonyl (C=O) groups is 2. The van der Waals surface area contributed by atoms with Gasteiger partial charge in [-0.2, -0.15) is 0 Å². The van der Waals surface area contributed by atoms with Crippen molar-refractivity contribution >= 4 is 40.8 Å². The van der Waals surface area contributed by atoms with Crippen LogP contribution in [0.2, 0.25) is 10.0 Å². The highest BCUT2D eigenvalue weighted by atomic mass is 35.5. The Kier molecular flexibility index (Phi) is 3.75. The molecule has 0 saturated carbocycles. The van der Waals surface area contributed by atoms with E-state index in [1.54, 1.807) is 0 Å². The number of benzene rings is 1. The zero-order valence-electron chi connectivity index (χ0n) is 9.44. The number of nitrogens with zero attached hydrogens (tertiary/aromatic N) is 1. The first kappa shape index (κ1) is 13.1. The number of urea groups is 1. The Hall–Kier alpha value is -1.30. The van der Waals surface area contributed by atoms with Crippen LogP contribution in [0, 0.1) is 0 Å². The van der Waals surface area contributed by atoms with Crippen molar-refractivity contribution in [3.8, 4) is 0 Å². The molecule has 0 aromatic heterocycles. The first-order chi connectivity index (χ1) is 8.52. The number of hydrogen-bond donors (Lipinski definition) is 1. The fraction of sp³-hybridized carbons (Fsp3) is 0.273. The summed E-state index contributed by atoms with van der Waals surface area (Å²) in [6.07, 6.45) is 0. The van der Waals surface area contributed by atoms with E-state index in [4.69, 9.17) is 27.9 Å². The third-order valence-electron chi connectivity index (χ3n) is 2.46. The fourth-order valence-electron chi connectivity index (χ4n) is 1.72. The van der Waals surface area contributed by atoms with Gasteiger partial charge in [0.2, 0.25) is 0 Å². The topological polar surface area (TPSA) is 58.6 Å². The zero-order chi connectivity index (χ0) is 13.3. The van der Waals surface area contributed by atoms with Crippen molar-refractivity contribution in [3.63, 3.8) is 0 Å². The van der Waals surface area contributed by atoms with Gasteiger partial charge in [0.05, 0.1) is 12.3 Å². The Bertz CT molecular complexity index is 487. The molecule has 0 radical (unpaired) electrons. The lowest BCUT2D eigenvalue weighted by Gasteiger charge is -2.13. The predicted octanol–water partition coefficient (Wildman–Crippen LogP) is 2.06. The maximum absolute atomic E-state index is 12.0. The molecule has 1 heterocycles. The monoisotopic (exact) mass is 288 g/mol. The standard InChI is InChI=1S/C11H10Cl2N2O3/c1-18-5-9-10(16)15(11(17)14-9)8-3-6(12)2-7(13)4-8/h2-4,9H,5H2,1H3,(H,14,17). The van der Waals surface area contributed by atoms with Crippen molar-refractivity contribution in [1.82, 2.24) is 5.32 Å². The molecule has 2 rings (SSSR count). The highest BCUT2D eigenvalue weighted by Crippen LogP contribution is 2.27. The number of rotatable bonds is 3. The number of imide groups is 1. The van der Waals surface area contributed by atoms with Crippen molar-refractivity contribution in [2.75, 3.05) is 18.6 Å². The molecule has 0 spiro atoms. The lowest BCUT2D eigenvalue weighted by Crippen LogP contribution is -2.34. The number of halogens is 2. The van der Waals surface area contributed by atoms with E-state index in [0.717, 1.165) is 4.90 Å². The molecule has 1 aromatic rings. The minimum absolute atomic E-state index is 0.120. The first-order valence-corrected chi connectivity index (χ1v) is 5.88. The van der Waals surface area contributed by atoms with Crippen LogP contribution in [0.3, 0.4) is 0 Å². The minimum Gasteiger partial charge on any atom is -0.382 e. The quantitative estimate of drug-likeness (QED) is 0.866. The predicted molar refractivity (Wildman–Crippen MR) is 68.1 cm³/mol. The second kappa shape index (κ2) is 5.14. The van der Waals surface area contributed by atoms with Crippen molar-refractivity contribution < 1.29 is 14.3 Å². The highest BCUT2D eigenvalue weighted by molar-refractivity contribution is 6.35. The van der Waals surface area contributed by atoms with E-state index in [1.807, 2.05) is 0 Å². The van der Waals surface area contributed by atoms with Crippen molar-refractivity contribution in [1.29, 1.82) is 0 Å². The molecule has 1 saturated heterocycles. The highest BCUT2D eigenvalue weighted by Gasteiger charge is 2.39. The van der Waals surface area contributed by atoms with Gasteiger partial charge in [-0.1, -0.05) is 23.2 Å². The Labute approximate surface area is 114 Å². The molecule has 3 amide bonds. The van der Waals surface area contributed by atoms with Crippen LogP contribution in [-0.2, 0) is 9.53 Å². The second-order valence-corrected chi connectivity index (χ2v) is 4.63. The van der Waals surface area contributed by atoms with Crippen molar-refractivity contribution in [2.24, 2.45) is 0 Å². The molecule has 1 N–H and O–H groups in total. The average molecular weight is 289 g/mol. The summed E-state index contributed by atoms with van der Waals surface area (Å²) in [5, 5.41) is 3.23. The largest absolute Gasteiger partial charge is 0.382 e. The Morgan fingerprint density at radius 1 is 1.28 bits per heavy atom. The van der Waals surface area contributed by atoms with Crippen LogP contribution < -0.4 is 10.2 Å². The Morgan fingerprint density at radius 2 is 1.89 bits per heavy atom. The smallest absolute Gasteiger partial charge is 0.329 e. The van der Waals surface area contributed by atoms with Gasteiger partial charge in [-0.3, -0.25) is 4.79 Å². The summed E-state index contributed by atoms with van der Waals surface area (Å²) < 4.78 is 4.86. The second-order valence-electron chi connectivity index (χ2n) is 3.76. The summed E-state index contributed by atoms with van der Waals surface area (Å²) in [4.78, 5) is 24.8. The van der Waals surface area contributed by atoms with Crippen LogP contribution in [0.4, 0.5) is 10.5 Å². The molecule has 1 aromatic carbocycles. The molecule has 1 fully saturated rings. The minimum atomic E-state index is -0.680. The lowest BCUT2D eigenvalue weighted by molar-refractivity contribution is -0.119. The van der Waals surface area contributed by atoms with E-state index in [1.165, 1.54) is 25.3 Å². The van der Waals surface area contributed by atoms with E-state index in [-0.39, 0.29) is 12.5 Å². The molecule has 7 heteroatoms. The number of hydrogen-bond acceptors (Lipinski definition) is 3. The summed E-state index contributed by atoms with van der Waals surface area (Å²) in [6, 6.07) is 3.33. The molecular weight excluding hydrogens is 279 g/mol. The summed E-state index contributed by atoms with van der Waals surface area (Å²) >= 11 is 11.7. The number of ether oxygens (including phenoxy) is 1. The van der Waals surface area contributed by atoms with Gasteiger partial charge in [-0.05, 0) is 18.2 Å². The molecule has 0 bridgehead atoms. The summed E-state index contributed by atoms with van der Waals surface area (Å²) in [5.41, 5.74) is 0.341. The summed E-state index contributed by atoms with van der Waals surface area (Å²) in [5.74, 6) is -0.389. The van der Waals surface area contributed by atoms with Gasteiger partial charge in [0.1, 0.15) is 6.04 Å². The molecular formula is C11H10Cl2N2O3. The molecule has 1 unspecified atom stereocenters. The maximum Gasteiger partial charge on any atom is 0.329 e. The molecule has 1 atom stereocenters. The van der Waals surface area contributed by atoms with E-state index < -0.39 is 12.1 Å². The molecule has 0 aliphatic carbocycles. The van der Waals surface area contributed by atoms with Gasteiger partial charge < -0.3 is 10.1 Å². The summed E-state index contributed by atoms with van der Waals surface area (Å²) in [6.45, 7) is 0.120. The van der Waals surface area contributed by atoms with E-state index >= 15 is 0 Å². The van der Waals surface area contributed by atoms with Crippen molar-refractivity contribution in [3.05, 3.63) is 28.2 Å². The maximum atomic E-state index is 12.0. The Balaban J connectivity index is 2.32. The lowest BCUT2D eigenvalue weighted by atomic mass is 10.2. The number of nitrogens with one attached hydrogen (secondary N) is 1. The average Bonchev–Trinajstić information content (AvgIpc) is 2.53.